The van der Waals surface area contributed by atoms with Crippen molar-refractivity contribution in [1.29, 1.82) is 0 Å². The van der Waals surface area contributed by atoms with E-state index >= 15 is 0 Å². The second kappa shape index (κ2) is 6.23. The molecule has 1 amide bonds. The SMILES string of the molecule is CCc1ccc(CN(C)C(=O)Cn2ccc(N)n2)cc1. The van der Waals surface area contributed by atoms with Crippen molar-refractivity contribution < 1.29 is 4.79 Å². The number of nitrogens with zero attached hydrogens (tertiary/aromatic N) is 3. The van der Waals surface area contributed by atoms with E-state index in [1.807, 2.05) is 0 Å². The van der Waals surface area contributed by atoms with Crippen LogP contribution >= 0.6 is 0 Å². The van der Waals surface area contributed by atoms with Gasteiger partial charge >= 0.3 is 0 Å². The highest BCUT2D eigenvalue weighted by Gasteiger charge is 2.10. The predicted molar refractivity (Wildman–Crippen MR) is 78.9 cm³/mol. The number of anilines is 1. The monoisotopic (exact) mass is 272 g/mol. The molecule has 0 saturated carbocycles. The van der Waals surface area contributed by atoms with Crippen LogP contribution in [-0.2, 0) is 24.3 Å². The average Bonchev–Trinajstić information content (AvgIpc) is 2.85. The Morgan fingerprint density at radius 2 is 1.90 bits per heavy atom. The van der Waals surface area contributed by atoms with Gasteiger partial charge < -0.3 is 10.6 Å². The molecule has 0 aliphatic carbocycles. The Kier molecular flexibility index (Phi) is 4.40. The Hall–Kier alpha value is -2.30. The zero-order valence-electron chi connectivity index (χ0n) is 11.9. The van der Waals surface area contributed by atoms with Crippen molar-refractivity contribution in [3.8, 4) is 0 Å². The number of amides is 1. The van der Waals surface area contributed by atoms with Crippen LogP contribution in [0.15, 0.2) is 36.5 Å². The molecule has 1 aromatic heterocycles. The number of benzene rings is 1. The lowest BCUT2D eigenvalue weighted by molar-refractivity contribution is -0.131. The lowest BCUT2D eigenvalue weighted by Gasteiger charge is -2.17. The van der Waals surface area contributed by atoms with Crippen LogP contribution in [0.25, 0.3) is 0 Å². The molecule has 2 N–H and O–H groups in total. The molecule has 0 unspecified atom stereocenters. The van der Waals surface area contributed by atoms with Crippen LogP contribution in [0.3, 0.4) is 0 Å². The van der Waals surface area contributed by atoms with E-state index in [4.69, 9.17) is 5.73 Å². The van der Waals surface area contributed by atoms with Crippen molar-refractivity contribution in [3.63, 3.8) is 0 Å². The minimum atomic E-state index is 0.00710. The predicted octanol–water partition coefficient (Wildman–Crippen LogP) is 1.69. The third-order valence-electron chi connectivity index (χ3n) is 3.24. The summed E-state index contributed by atoms with van der Waals surface area (Å²) in [5.41, 5.74) is 7.95. The van der Waals surface area contributed by atoms with Crippen LogP contribution in [0.1, 0.15) is 18.1 Å². The van der Waals surface area contributed by atoms with E-state index < -0.39 is 0 Å². The van der Waals surface area contributed by atoms with Gasteiger partial charge in [0.05, 0.1) is 0 Å². The van der Waals surface area contributed by atoms with Gasteiger partial charge in [0.2, 0.25) is 5.91 Å². The van der Waals surface area contributed by atoms with Gasteiger partial charge in [-0.25, -0.2) is 0 Å². The summed E-state index contributed by atoms with van der Waals surface area (Å²) in [5, 5.41) is 4.01. The smallest absolute Gasteiger partial charge is 0.244 e. The first-order chi connectivity index (χ1) is 9.58. The highest BCUT2D eigenvalue weighted by molar-refractivity contribution is 5.75. The summed E-state index contributed by atoms with van der Waals surface area (Å²) in [7, 11) is 1.79. The first kappa shape index (κ1) is 14.1. The molecule has 1 heterocycles. The van der Waals surface area contributed by atoms with E-state index in [1.165, 1.54) is 5.56 Å². The minimum absolute atomic E-state index is 0.00710. The molecule has 5 heteroatoms. The summed E-state index contributed by atoms with van der Waals surface area (Å²) in [4.78, 5) is 13.8. The largest absolute Gasteiger partial charge is 0.382 e. The number of likely N-dealkylation sites (N-methyl/N-ethyl adjacent to an activating group) is 1. The lowest BCUT2D eigenvalue weighted by Crippen LogP contribution is -2.30. The molecule has 1 aromatic carbocycles. The highest BCUT2D eigenvalue weighted by Crippen LogP contribution is 2.08. The molecule has 0 saturated heterocycles. The van der Waals surface area contributed by atoms with E-state index in [2.05, 4.69) is 36.3 Å². The van der Waals surface area contributed by atoms with Gasteiger partial charge in [-0.15, -0.1) is 0 Å². The quantitative estimate of drug-likeness (QED) is 0.900. The van der Waals surface area contributed by atoms with Gasteiger partial charge in [0, 0.05) is 19.8 Å². The maximum atomic E-state index is 12.1. The van der Waals surface area contributed by atoms with Crippen LogP contribution in [0.5, 0.6) is 0 Å². The van der Waals surface area contributed by atoms with Crippen molar-refractivity contribution in [2.24, 2.45) is 0 Å². The van der Waals surface area contributed by atoms with Gasteiger partial charge in [0.15, 0.2) is 0 Å². The second-order valence-electron chi connectivity index (χ2n) is 4.86. The van der Waals surface area contributed by atoms with Crippen molar-refractivity contribution in [2.45, 2.75) is 26.4 Å². The Labute approximate surface area is 119 Å². The summed E-state index contributed by atoms with van der Waals surface area (Å²) in [6.07, 6.45) is 2.73. The van der Waals surface area contributed by atoms with Crippen molar-refractivity contribution >= 4 is 11.7 Å². The normalized spacial score (nSPS) is 10.5. The third kappa shape index (κ3) is 3.60. The Balaban J connectivity index is 1.92. The van der Waals surface area contributed by atoms with E-state index in [1.54, 1.807) is 28.9 Å². The number of nitrogens with two attached hydrogens (primary N) is 1. The van der Waals surface area contributed by atoms with Gasteiger partial charge in [-0.2, -0.15) is 5.10 Å². The number of carbonyl (C=O) groups is 1. The van der Waals surface area contributed by atoms with Crippen molar-refractivity contribution in [1.82, 2.24) is 14.7 Å². The number of aryl methyl sites for hydroxylation is 1. The maximum absolute atomic E-state index is 12.1. The maximum Gasteiger partial charge on any atom is 0.244 e. The zero-order valence-corrected chi connectivity index (χ0v) is 11.9. The lowest BCUT2D eigenvalue weighted by atomic mass is 10.1. The van der Waals surface area contributed by atoms with Gasteiger partial charge in [0.25, 0.3) is 0 Å². The van der Waals surface area contributed by atoms with Gasteiger partial charge in [0.1, 0.15) is 12.4 Å². The summed E-state index contributed by atoms with van der Waals surface area (Å²) in [5.74, 6) is 0.434. The van der Waals surface area contributed by atoms with E-state index in [0.717, 1.165) is 12.0 Å². The molecule has 0 bridgehead atoms. The topological polar surface area (TPSA) is 64.2 Å². The molecule has 2 aromatic rings. The molecule has 0 aliphatic heterocycles. The zero-order chi connectivity index (χ0) is 14.5. The van der Waals surface area contributed by atoms with Crippen LogP contribution in [-0.4, -0.2) is 27.6 Å². The molecule has 2 rings (SSSR count). The van der Waals surface area contributed by atoms with Crippen molar-refractivity contribution in [3.05, 3.63) is 47.7 Å². The number of aromatic nitrogens is 2. The average molecular weight is 272 g/mol. The first-order valence-electron chi connectivity index (χ1n) is 6.69. The van der Waals surface area contributed by atoms with Gasteiger partial charge in [-0.05, 0) is 23.6 Å². The van der Waals surface area contributed by atoms with Crippen LogP contribution in [0, 0.1) is 0 Å². The first-order valence-corrected chi connectivity index (χ1v) is 6.69. The number of hydrogen-bond donors (Lipinski definition) is 1. The molecule has 0 radical (unpaired) electrons. The Bertz CT molecular complexity index is 574. The van der Waals surface area contributed by atoms with E-state index in [9.17, 15) is 4.79 Å². The van der Waals surface area contributed by atoms with Crippen molar-refractivity contribution in [2.75, 3.05) is 12.8 Å². The van der Waals surface area contributed by atoms with Crippen LogP contribution in [0.2, 0.25) is 0 Å². The van der Waals surface area contributed by atoms with E-state index in [-0.39, 0.29) is 12.5 Å². The standard InChI is InChI=1S/C15H20N4O/c1-3-12-4-6-13(7-5-12)10-18(2)15(20)11-19-9-8-14(16)17-19/h4-9H,3,10-11H2,1-2H3,(H2,16,17). The molecular formula is C15H20N4O. The molecular weight excluding hydrogens is 252 g/mol. The number of hydrogen-bond acceptors (Lipinski definition) is 3. The highest BCUT2D eigenvalue weighted by atomic mass is 16.2. The molecule has 0 spiro atoms. The second-order valence-corrected chi connectivity index (χ2v) is 4.86. The minimum Gasteiger partial charge on any atom is -0.382 e. The Morgan fingerprint density at radius 3 is 2.45 bits per heavy atom. The summed E-state index contributed by atoms with van der Waals surface area (Å²) in [6.45, 7) is 2.93. The third-order valence-corrected chi connectivity index (χ3v) is 3.24. The molecule has 20 heavy (non-hydrogen) atoms. The fourth-order valence-electron chi connectivity index (χ4n) is 1.97. The molecule has 0 atom stereocenters. The van der Waals surface area contributed by atoms with Gasteiger partial charge in [-0.3, -0.25) is 9.48 Å². The van der Waals surface area contributed by atoms with Crippen LogP contribution in [0.4, 0.5) is 5.82 Å². The Morgan fingerprint density at radius 1 is 1.25 bits per heavy atom. The molecule has 5 nitrogen and oxygen atoms in total. The molecule has 0 aliphatic rings. The molecule has 0 fully saturated rings. The van der Waals surface area contributed by atoms with Crippen LogP contribution < -0.4 is 5.73 Å². The fourth-order valence-corrected chi connectivity index (χ4v) is 1.97. The van der Waals surface area contributed by atoms with E-state index in [0.29, 0.717) is 12.4 Å². The fraction of sp³-hybridized carbons (Fsp3) is 0.333. The summed E-state index contributed by atoms with van der Waals surface area (Å²) in [6, 6.07) is 10.0. The number of carbonyl (C=O) groups excluding carboxylic acids is 1. The number of nitrogen functional groups attached to an aromatic ring is 1. The summed E-state index contributed by atoms with van der Waals surface area (Å²) >= 11 is 0. The summed E-state index contributed by atoms with van der Waals surface area (Å²) < 4.78 is 1.55. The number of rotatable bonds is 5. The molecule has 106 valence electrons. The van der Waals surface area contributed by atoms with Gasteiger partial charge in [-0.1, -0.05) is 31.2 Å².